The van der Waals surface area contributed by atoms with E-state index in [1.807, 2.05) is 10.6 Å². The Labute approximate surface area is 170 Å². The number of amides is 1. The SMILES string of the molecule is O=C(NCc1ccc(S(=O)(=O)c2cc(F)cc(F)c2)cc1)c1cc[n+]2cc[nH]c2c1. The molecule has 0 aliphatic heterocycles. The first-order valence-corrected chi connectivity index (χ1v) is 10.4. The molecule has 0 atom stereocenters. The minimum Gasteiger partial charge on any atom is -0.348 e. The van der Waals surface area contributed by atoms with E-state index in [1.165, 1.54) is 24.3 Å². The molecule has 2 aromatic carbocycles. The second kappa shape index (κ2) is 7.68. The molecule has 0 fully saturated rings. The molecule has 0 spiro atoms. The van der Waals surface area contributed by atoms with Crippen molar-refractivity contribution in [3.8, 4) is 0 Å². The molecule has 2 aromatic heterocycles. The average molecular weight is 428 g/mol. The smallest absolute Gasteiger partial charge is 0.284 e. The Bertz CT molecular complexity index is 1330. The van der Waals surface area contributed by atoms with Gasteiger partial charge in [0.05, 0.1) is 21.6 Å². The lowest BCUT2D eigenvalue weighted by atomic mass is 10.2. The van der Waals surface area contributed by atoms with Gasteiger partial charge in [0.1, 0.15) is 24.0 Å². The first-order chi connectivity index (χ1) is 14.3. The fraction of sp³-hybridized carbons (Fsp3) is 0.0476. The summed E-state index contributed by atoms with van der Waals surface area (Å²) in [5.41, 5.74) is 1.92. The number of benzene rings is 2. The molecule has 0 aliphatic rings. The highest BCUT2D eigenvalue weighted by atomic mass is 32.2. The van der Waals surface area contributed by atoms with Gasteiger partial charge in [0.2, 0.25) is 9.84 Å². The molecular formula is C21H16F2N3O3S+. The van der Waals surface area contributed by atoms with Crippen LogP contribution >= 0.6 is 0 Å². The second-order valence-electron chi connectivity index (χ2n) is 6.60. The summed E-state index contributed by atoms with van der Waals surface area (Å²) in [5, 5.41) is 2.77. The third kappa shape index (κ3) is 3.92. The summed E-state index contributed by atoms with van der Waals surface area (Å²) in [6.07, 6.45) is 5.34. The van der Waals surface area contributed by atoms with Crippen molar-refractivity contribution in [2.75, 3.05) is 0 Å². The highest BCUT2D eigenvalue weighted by molar-refractivity contribution is 7.91. The zero-order chi connectivity index (χ0) is 21.3. The molecule has 0 radical (unpaired) electrons. The Morgan fingerprint density at radius 3 is 2.33 bits per heavy atom. The fourth-order valence-corrected chi connectivity index (χ4v) is 4.29. The van der Waals surface area contributed by atoms with Crippen molar-refractivity contribution < 1.29 is 26.4 Å². The lowest BCUT2D eigenvalue weighted by molar-refractivity contribution is -0.510. The third-order valence-electron chi connectivity index (χ3n) is 4.55. The van der Waals surface area contributed by atoms with Gasteiger partial charge in [-0.05, 0) is 35.9 Å². The van der Waals surface area contributed by atoms with Crippen molar-refractivity contribution in [1.29, 1.82) is 0 Å². The van der Waals surface area contributed by atoms with Crippen molar-refractivity contribution in [1.82, 2.24) is 10.3 Å². The number of fused-ring (bicyclic) bond motifs is 1. The van der Waals surface area contributed by atoms with Gasteiger partial charge < -0.3 is 5.32 Å². The Morgan fingerprint density at radius 1 is 0.933 bits per heavy atom. The number of carbonyl (C=O) groups excluding carboxylic acids is 1. The van der Waals surface area contributed by atoms with Crippen LogP contribution in [0.25, 0.3) is 5.65 Å². The summed E-state index contributed by atoms with van der Waals surface area (Å²) in [7, 11) is -4.06. The zero-order valence-electron chi connectivity index (χ0n) is 15.5. The van der Waals surface area contributed by atoms with Crippen molar-refractivity contribution in [2.24, 2.45) is 0 Å². The molecule has 6 nitrogen and oxygen atoms in total. The molecule has 152 valence electrons. The first-order valence-electron chi connectivity index (χ1n) is 8.90. The van der Waals surface area contributed by atoms with Crippen molar-refractivity contribution in [3.63, 3.8) is 0 Å². The fourth-order valence-electron chi connectivity index (χ4n) is 2.99. The van der Waals surface area contributed by atoms with Gasteiger partial charge in [-0.15, -0.1) is 0 Å². The highest BCUT2D eigenvalue weighted by Crippen LogP contribution is 2.23. The number of H-pyrrole nitrogens is 1. The summed E-state index contributed by atoms with van der Waals surface area (Å²) >= 11 is 0. The molecule has 2 heterocycles. The maximum Gasteiger partial charge on any atom is 0.284 e. The van der Waals surface area contributed by atoms with Crippen LogP contribution in [-0.2, 0) is 16.4 Å². The van der Waals surface area contributed by atoms with E-state index >= 15 is 0 Å². The summed E-state index contributed by atoms with van der Waals surface area (Å²) in [6, 6.07) is 11.3. The maximum absolute atomic E-state index is 13.4. The minimum atomic E-state index is -4.06. The van der Waals surface area contributed by atoms with Crippen LogP contribution in [0.5, 0.6) is 0 Å². The first kappa shape index (κ1) is 19.7. The summed E-state index contributed by atoms with van der Waals surface area (Å²) in [5.74, 6) is -2.22. The molecule has 0 saturated heterocycles. The van der Waals surface area contributed by atoms with Crippen LogP contribution in [0, 0.1) is 11.6 Å². The molecule has 4 aromatic rings. The Kier molecular flexibility index (Phi) is 5.04. The van der Waals surface area contributed by atoms with Crippen LogP contribution in [0.15, 0.2) is 83.0 Å². The maximum atomic E-state index is 13.4. The molecule has 0 bridgehead atoms. The van der Waals surface area contributed by atoms with Crippen molar-refractivity contribution >= 4 is 21.4 Å². The van der Waals surface area contributed by atoms with Gasteiger partial charge in [-0.3, -0.25) is 4.79 Å². The van der Waals surface area contributed by atoms with Crippen LogP contribution in [-0.4, -0.2) is 19.3 Å². The highest BCUT2D eigenvalue weighted by Gasteiger charge is 2.19. The number of carbonyl (C=O) groups is 1. The van der Waals surface area contributed by atoms with Gasteiger partial charge in [0.15, 0.2) is 0 Å². The lowest BCUT2D eigenvalue weighted by Crippen LogP contribution is -2.25. The molecule has 0 aliphatic carbocycles. The van der Waals surface area contributed by atoms with Crippen LogP contribution in [0.1, 0.15) is 15.9 Å². The Balaban J connectivity index is 1.47. The van der Waals surface area contributed by atoms with E-state index < -0.39 is 26.4 Å². The van der Waals surface area contributed by atoms with Gasteiger partial charge in [-0.2, -0.15) is 0 Å². The Morgan fingerprint density at radius 2 is 1.63 bits per heavy atom. The van der Waals surface area contributed by atoms with Crippen molar-refractivity contribution in [2.45, 2.75) is 16.3 Å². The zero-order valence-corrected chi connectivity index (χ0v) is 16.3. The molecule has 9 heteroatoms. The summed E-state index contributed by atoms with van der Waals surface area (Å²) in [6.45, 7) is 0.184. The standard InChI is InChI=1S/C21H15F2N3O3S/c22-16-10-17(23)12-19(11-16)30(28,29)18-3-1-14(2-4-18)13-25-21(27)15-5-7-26-8-6-24-20(26)9-15/h1-12H,13H2,(H,25,27)/p+1. The van der Waals surface area contributed by atoms with E-state index in [0.717, 1.165) is 17.8 Å². The van der Waals surface area contributed by atoms with Crippen LogP contribution in [0.3, 0.4) is 0 Å². The molecular weight excluding hydrogens is 412 g/mol. The number of sulfone groups is 1. The summed E-state index contributed by atoms with van der Waals surface area (Å²) in [4.78, 5) is 14.8. The number of aromatic amines is 1. The monoisotopic (exact) mass is 428 g/mol. The number of nitrogens with one attached hydrogen (secondary N) is 2. The quantitative estimate of drug-likeness (QED) is 0.480. The van der Waals surface area contributed by atoms with E-state index in [4.69, 9.17) is 0 Å². The number of nitrogens with zero attached hydrogens (tertiary/aromatic N) is 1. The van der Waals surface area contributed by atoms with E-state index in [-0.39, 0.29) is 17.3 Å². The van der Waals surface area contributed by atoms with Gasteiger partial charge in [0.25, 0.3) is 11.6 Å². The number of rotatable bonds is 5. The number of pyridine rings is 1. The van der Waals surface area contributed by atoms with Crippen LogP contribution < -0.4 is 9.72 Å². The number of halogens is 2. The van der Waals surface area contributed by atoms with Crippen molar-refractivity contribution in [3.05, 3.63) is 95.9 Å². The average Bonchev–Trinajstić information content (AvgIpc) is 3.19. The topological polar surface area (TPSA) is 83.1 Å². The van der Waals surface area contributed by atoms with E-state index in [9.17, 15) is 22.0 Å². The molecule has 1 amide bonds. The van der Waals surface area contributed by atoms with Crippen LogP contribution in [0.4, 0.5) is 8.78 Å². The molecule has 30 heavy (non-hydrogen) atoms. The minimum absolute atomic E-state index is 0.100. The van der Waals surface area contributed by atoms with E-state index in [0.29, 0.717) is 17.2 Å². The lowest BCUT2D eigenvalue weighted by Gasteiger charge is -2.08. The van der Waals surface area contributed by atoms with Crippen LogP contribution in [0.2, 0.25) is 0 Å². The molecule has 2 N–H and O–H groups in total. The number of hydrogen-bond donors (Lipinski definition) is 2. The van der Waals surface area contributed by atoms with Gasteiger partial charge in [-0.1, -0.05) is 12.1 Å². The van der Waals surface area contributed by atoms with E-state index in [2.05, 4.69) is 10.3 Å². The van der Waals surface area contributed by atoms with Gasteiger partial charge in [-0.25, -0.2) is 26.6 Å². The van der Waals surface area contributed by atoms with E-state index in [1.54, 1.807) is 24.5 Å². The Hall–Kier alpha value is -3.59. The molecule has 0 unspecified atom stereocenters. The summed E-state index contributed by atoms with van der Waals surface area (Å²) < 4.78 is 53.7. The molecule has 4 rings (SSSR count). The normalized spacial score (nSPS) is 11.5. The predicted octanol–water partition coefficient (Wildman–Crippen LogP) is 2.79. The number of hydrogen-bond acceptors (Lipinski definition) is 3. The molecule has 0 saturated carbocycles. The second-order valence-corrected chi connectivity index (χ2v) is 8.55. The predicted molar refractivity (Wildman–Crippen MR) is 103 cm³/mol. The number of imidazole rings is 1. The number of aromatic nitrogens is 2. The van der Waals surface area contributed by atoms with Gasteiger partial charge in [0, 0.05) is 18.7 Å². The van der Waals surface area contributed by atoms with Gasteiger partial charge >= 0.3 is 0 Å². The third-order valence-corrected chi connectivity index (χ3v) is 6.30. The largest absolute Gasteiger partial charge is 0.348 e.